The van der Waals surface area contributed by atoms with Gasteiger partial charge in [-0.3, -0.25) is 9.59 Å². The fraction of sp³-hybridized carbons (Fsp3) is 0.482. The molecule has 7 aromatic rings. The molecule has 0 saturated carbocycles. The predicted molar refractivity (Wildman–Crippen MR) is 420 cm³/mol. The summed E-state index contributed by atoms with van der Waals surface area (Å²) in [6.07, 6.45) is 10.3. The summed E-state index contributed by atoms with van der Waals surface area (Å²) in [5, 5.41) is 10.1. The molecule has 1 N–H and O–H groups in total. The monoisotopic (exact) mass is 1660 g/mol. The number of alkyl halides is 1. The maximum absolute atomic E-state index is 15.3. The highest BCUT2D eigenvalue weighted by molar-refractivity contribution is 9.11. The largest absolute Gasteiger partial charge is 0.508 e. The van der Waals surface area contributed by atoms with Crippen molar-refractivity contribution in [1.82, 2.24) is 0 Å². The second-order valence-corrected chi connectivity index (χ2v) is 32.0. The highest BCUT2D eigenvalue weighted by Gasteiger charge is 2.53. The molecule has 0 bridgehead atoms. The number of ether oxygens (including phenoxy) is 11. The minimum atomic E-state index is -0.543. The van der Waals surface area contributed by atoms with Gasteiger partial charge in [0, 0.05) is 80.3 Å². The van der Waals surface area contributed by atoms with Gasteiger partial charge in [0.05, 0.1) is 69.8 Å². The van der Waals surface area contributed by atoms with Crippen LogP contribution in [-0.4, -0.2) is 119 Å². The normalized spacial score (nSPS) is 21.4. The lowest BCUT2D eigenvalue weighted by Gasteiger charge is -2.32. The number of phenolic OH excluding ortho intramolecular Hbond substituents is 1. The number of esters is 2. The highest BCUT2D eigenvalue weighted by Crippen LogP contribution is 2.48. The molecule has 7 aromatic carbocycles. The number of hydrogen-bond donors (Lipinski definition) is 1. The number of aromatic hydroxyl groups is 1. The van der Waals surface area contributed by atoms with Gasteiger partial charge in [-0.15, -0.1) is 0 Å². The molecule has 574 valence electrons. The van der Waals surface area contributed by atoms with Crippen LogP contribution in [0.2, 0.25) is 0 Å². The molecule has 0 aromatic heterocycles. The fourth-order valence-corrected chi connectivity index (χ4v) is 15.9. The average Bonchev–Trinajstić information content (AvgIpc) is 1.64. The molecule has 6 aliphatic heterocycles. The van der Waals surface area contributed by atoms with E-state index in [0.717, 1.165) is 139 Å². The number of halogens is 5. The summed E-state index contributed by atoms with van der Waals surface area (Å²) in [5.41, 5.74) is 13.9. The van der Waals surface area contributed by atoms with E-state index in [0.29, 0.717) is 91.7 Å². The fourth-order valence-electron chi connectivity index (χ4n) is 15.0. The Bertz CT molecular complexity index is 4200. The lowest BCUT2D eigenvalue weighted by Crippen LogP contribution is -2.41. The number of carbonyl (C=O) groups excluding carboxylic acids is 2. The lowest BCUT2D eigenvalue weighted by atomic mass is 9.75. The van der Waals surface area contributed by atoms with E-state index in [-0.39, 0.29) is 60.5 Å². The van der Waals surface area contributed by atoms with E-state index in [1.165, 1.54) is 44.3 Å². The third-order valence-corrected chi connectivity index (χ3v) is 24.6. The van der Waals surface area contributed by atoms with Crippen molar-refractivity contribution in [2.24, 2.45) is 0 Å². The molecule has 22 heteroatoms. The van der Waals surface area contributed by atoms with Crippen LogP contribution in [0.4, 0.5) is 8.78 Å². The molecule has 6 heterocycles. The lowest BCUT2D eigenvalue weighted by molar-refractivity contribution is -0.142. The van der Waals surface area contributed by atoms with Crippen LogP contribution in [0.1, 0.15) is 183 Å². The van der Waals surface area contributed by atoms with Crippen molar-refractivity contribution in [1.29, 1.82) is 0 Å². The third-order valence-electron chi connectivity index (χ3n) is 21.4. The molecule has 0 amide bonds. The van der Waals surface area contributed by atoms with Crippen molar-refractivity contribution in [2.75, 3.05) is 65.8 Å². The topological polar surface area (TPSA) is 174 Å². The van der Waals surface area contributed by atoms with Gasteiger partial charge in [0.2, 0.25) is 0 Å². The summed E-state index contributed by atoms with van der Waals surface area (Å²) >= 11 is 10.3. The molecule has 4 saturated heterocycles. The molecule has 107 heavy (non-hydrogen) atoms. The zero-order valence-corrected chi connectivity index (χ0v) is 68.2. The van der Waals surface area contributed by atoms with Crippen LogP contribution in [0, 0.1) is 53.2 Å². The summed E-state index contributed by atoms with van der Waals surface area (Å²) in [6, 6.07) is 29.6. The van der Waals surface area contributed by atoms with Crippen molar-refractivity contribution >= 4 is 72.3 Å². The second-order valence-electron chi connectivity index (χ2n) is 29.7. The van der Waals surface area contributed by atoms with Gasteiger partial charge in [-0.1, -0.05) is 72.1 Å². The first-order valence-electron chi connectivity index (χ1n) is 37.2. The average molecular weight is 1670 g/mol. The van der Waals surface area contributed by atoms with Crippen LogP contribution >= 0.6 is 47.8 Å². The number of methoxy groups -OCH3 is 2. The highest BCUT2D eigenvalue weighted by atomic mass is 79.9. The van der Waals surface area contributed by atoms with Gasteiger partial charge in [-0.05, 0) is 255 Å². The molecule has 4 fully saturated rings. The second kappa shape index (κ2) is 36.4. The summed E-state index contributed by atoms with van der Waals surface area (Å²) in [5.74, 6) is 3.59. The van der Waals surface area contributed by atoms with Crippen LogP contribution in [0.3, 0.4) is 0 Å². The number of benzene rings is 7. The molecular formula is C85H100BBr3F2O16. The summed E-state index contributed by atoms with van der Waals surface area (Å²) in [6.45, 7) is 25.0. The minimum Gasteiger partial charge on any atom is -0.508 e. The molecule has 3 unspecified atom stereocenters. The van der Waals surface area contributed by atoms with E-state index in [1.54, 1.807) is 24.3 Å². The van der Waals surface area contributed by atoms with E-state index in [1.807, 2.05) is 84.0 Å². The van der Waals surface area contributed by atoms with Gasteiger partial charge in [-0.25, -0.2) is 8.78 Å². The Labute approximate surface area is 654 Å². The van der Waals surface area contributed by atoms with Gasteiger partial charge >= 0.3 is 19.1 Å². The Balaban J connectivity index is 0.000000151. The summed E-state index contributed by atoms with van der Waals surface area (Å²) in [7, 11) is 2.23. The molecule has 0 spiro atoms. The van der Waals surface area contributed by atoms with E-state index in [4.69, 9.17) is 66.5 Å². The van der Waals surface area contributed by atoms with Gasteiger partial charge < -0.3 is 66.5 Å². The van der Waals surface area contributed by atoms with Crippen LogP contribution < -0.4 is 33.9 Å². The van der Waals surface area contributed by atoms with Crippen molar-refractivity contribution in [3.05, 3.63) is 184 Å². The minimum absolute atomic E-state index is 0.0383. The maximum Gasteiger partial charge on any atom is 0.495 e. The maximum atomic E-state index is 15.3. The number of phenols is 1. The van der Waals surface area contributed by atoms with Gasteiger partial charge in [0.1, 0.15) is 77.3 Å². The number of rotatable bonds is 17. The molecule has 0 radical (unpaired) electrons. The molecule has 2 aliphatic carbocycles. The van der Waals surface area contributed by atoms with Crippen molar-refractivity contribution in [2.45, 2.75) is 200 Å². The predicted octanol–water partition coefficient (Wildman–Crippen LogP) is 19.0. The van der Waals surface area contributed by atoms with Gasteiger partial charge in [0.15, 0.2) is 0 Å². The SMILES string of the molecule is BrCC1CCCO1.COC(=O)C[C@@H]1COc2cc(O[C@@H]3CCc4c(-c5c(C)cc(OCC6CCCO6)cc5C)ccc(F)c43)ccc21.COC(=O)C[C@@H]1COc2cc(O[C@@H]3CCc4c(B5OC(C)(C)C(C)(C)O5)ccc(F)c43)ccc21.Cc1cc(O)cc(C)c1Br.Cc1cc(OCC2CCCO2)cc(C)c1Br. The number of fused-ring (bicyclic) bond motifs is 4. The Hall–Kier alpha value is -6.76. The Morgan fingerprint density at radius 3 is 1.38 bits per heavy atom. The van der Waals surface area contributed by atoms with Crippen molar-refractivity contribution in [3.8, 4) is 51.4 Å². The number of hydrogen-bond acceptors (Lipinski definition) is 16. The van der Waals surface area contributed by atoms with E-state index >= 15 is 8.78 Å². The quantitative estimate of drug-likeness (QED) is 0.0517. The number of aryl methyl sites for hydroxylation is 6. The first-order valence-corrected chi connectivity index (χ1v) is 39.9. The molecule has 8 aliphatic rings. The van der Waals surface area contributed by atoms with E-state index in [9.17, 15) is 9.59 Å². The Morgan fingerprint density at radius 2 is 0.953 bits per heavy atom. The van der Waals surface area contributed by atoms with Crippen LogP contribution in [0.25, 0.3) is 11.1 Å². The third kappa shape index (κ3) is 19.9. The standard InChI is InChI=1S/C33H35FO6.C26H30BFO6.C13H17BrO2.C8H9BrO.C5H9BrO/c1-19-13-24(38-18-23-5-4-12-37-23)14-20(2)32(19)26-8-10-28(34)33-27(26)9-11-29(33)40-22-6-7-25-21(15-31(35)36-3)17-39-30(25)16-22;1-25(2)26(3,4)34-27(33-25)19-9-10-20(28)24-18(19)8-11-21(24)32-16-6-7-17-15(12-23(29)30-5)14-31-22(17)13-16;1-9-6-12(7-10(2)13(9)14)16-8-11-4-3-5-15-11;1-5-3-7(10)4-6(2)8(5)9;6-4-5-2-1-3-7-5/h6-8,10,13-14,16,21,23,29H,4-5,9,11-12,15,17-18H2,1-3H3;6-7,9-10,13,15,21H,8,11-12,14H2,1-5H3;6-7,11H,3-5,8H2,1-2H3;3-4,10H,1-2H3;5H,1-4H2/t21-,23?,29-;15-,21-;;;/m11.../s1. The number of carbonyl (C=O) groups is 2. The van der Waals surface area contributed by atoms with E-state index < -0.39 is 30.5 Å². The first kappa shape index (κ1) is 81.2. The Morgan fingerprint density at radius 1 is 0.533 bits per heavy atom. The van der Waals surface area contributed by atoms with Crippen LogP contribution in [-0.2, 0) is 55.4 Å². The van der Waals surface area contributed by atoms with Crippen LogP contribution in [0.5, 0.6) is 40.2 Å². The van der Waals surface area contributed by atoms with Gasteiger partial charge in [-0.2, -0.15) is 0 Å². The smallest absolute Gasteiger partial charge is 0.495 e. The van der Waals surface area contributed by atoms with Crippen LogP contribution in [0.15, 0.2) is 106 Å². The molecule has 7 atom stereocenters. The molecular weight excluding hydrogens is 1570 g/mol. The zero-order valence-electron chi connectivity index (χ0n) is 63.5. The first-order chi connectivity index (χ1) is 51.2. The molecule has 16 nitrogen and oxygen atoms in total. The Kier molecular flexibility index (Phi) is 27.6. The van der Waals surface area contributed by atoms with Crippen molar-refractivity contribution < 1.29 is 84.9 Å². The molecule has 15 rings (SSSR count). The zero-order chi connectivity index (χ0) is 76.4. The van der Waals surface area contributed by atoms with Gasteiger partial charge in [0.25, 0.3) is 0 Å². The summed E-state index contributed by atoms with van der Waals surface area (Å²) in [4.78, 5) is 23.4. The van der Waals surface area contributed by atoms with Crippen molar-refractivity contribution in [3.63, 3.8) is 0 Å². The van der Waals surface area contributed by atoms with E-state index in [2.05, 4.69) is 99.8 Å². The summed E-state index contributed by atoms with van der Waals surface area (Å²) < 4.78 is 107.